The fourth-order valence-electron chi connectivity index (χ4n) is 6.91. The second kappa shape index (κ2) is 21.7. The van der Waals surface area contributed by atoms with Crippen LogP contribution in [0.2, 0.25) is 0 Å². The summed E-state index contributed by atoms with van der Waals surface area (Å²) in [4.78, 5) is 0. The zero-order chi connectivity index (χ0) is 40.0. The largest absolute Gasteiger partial charge is 0.464 e. The molecule has 2 aliphatic heterocycles. The Morgan fingerprint density at radius 1 is 0.596 bits per heavy atom. The highest BCUT2D eigenvalue weighted by molar-refractivity contribution is 5.16. The van der Waals surface area contributed by atoms with Crippen molar-refractivity contribution in [3.63, 3.8) is 0 Å². The Labute approximate surface area is 335 Å². The smallest absolute Gasteiger partial charge is 0.229 e. The van der Waals surface area contributed by atoms with Gasteiger partial charge in [-0.2, -0.15) is 0 Å². The van der Waals surface area contributed by atoms with Gasteiger partial charge in [0.15, 0.2) is 6.29 Å². The van der Waals surface area contributed by atoms with Gasteiger partial charge >= 0.3 is 0 Å². The Balaban J connectivity index is 1.20. The lowest BCUT2D eigenvalue weighted by atomic mass is 9.98. The van der Waals surface area contributed by atoms with E-state index in [1.807, 2.05) is 141 Å². The molecule has 2 heterocycles. The summed E-state index contributed by atoms with van der Waals surface area (Å²) in [5.41, 5.74) is 3.92. The van der Waals surface area contributed by atoms with Crippen molar-refractivity contribution in [3.8, 4) is 0 Å². The van der Waals surface area contributed by atoms with Crippen LogP contribution < -0.4 is 0 Å². The standard InChI is InChI=1S/C46H56O11/c1-4-17-37(31(2)54-45-41(49)40(48)39(47)38(57-45)30-50-26-33-18-9-5-10-19-33)56-46-44(53-29-36-24-15-8-16-25-36)43(52-28-35-22-13-7-14-23-35)42(32(3)55-46)51-27-34-20-11-6-12-21-34/h5-25,31-32,38-49H,4,26-30H2,1-3H3/b37-17-. The molecule has 0 saturated carbocycles. The van der Waals surface area contributed by atoms with Crippen LogP contribution in [0.5, 0.6) is 0 Å². The van der Waals surface area contributed by atoms with Gasteiger partial charge in [0, 0.05) is 0 Å². The van der Waals surface area contributed by atoms with Gasteiger partial charge in [0.25, 0.3) is 0 Å². The summed E-state index contributed by atoms with van der Waals surface area (Å²) in [6.45, 7) is 6.82. The van der Waals surface area contributed by atoms with E-state index in [0.29, 0.717) is 25.4 Å². The summed E-state index contributed by atoms with van der Waals surface area (Å²) in [6, 6.07) is 39.3. The molecule has 0 bridgehead atoms. The Morgan fingerprint density at radius 3 is 1.58 bits per heavy atom. The molecule has 0 spiro atoms. The van der Waals surface area contributed by atoms with E-state index in [-0.39, 0.29) is 19.8 Å². The van der Waals surface area contributed by atoms with E-state index in [1.165, 1.54) is 0 Å². The van der Waals surface area contributed by atoms with Crippen LogP contribution in [0.25, 0.3) is 0 Å². The van der Waals surface area contributed by atoms with Crippen LogP contribution >= 0.6 is 0 Å². The third-order valence-electron chi connectivity index (χ3n) is 10.0. The first kappa shape index (κ1) is 42.6. The average molecular weight is 785 g/mol. The van der Waals surface area contributed by atoms with Crippen LogP contribution in [0.1, 0.15) is 49.4 Å². The topological polar surface area (TPSA) is 135 Å². The highest BCUT2D eigenvalue weighted by atomic mass is 16.7. The van der Waals surface area contributed by atoms with Crippen molar-refractivity contribution in [1.82, 2.24) is 0 Å². The van der Waals surface area contributed by atoms with E-state index in [1.54, 1.807) is 6.92 Å². The van der Waals surface area contributed by atoms with Crippen molar-refractivity contribution in [3.05, 3.63) is 155 Å². The zero-order valence-electron chi connectivity index (χ0n) is 32.8. The molecule has 11 atom stereocenters. The van der Waals surface area contributed by atoms with Crippen molar-refractivity contribution < 1.29 is 53.2 Å². The Hall–Kier alpha value is -3.98. The number of ether oxygens (including phenoxy) is 8. The van der Waals surface area contributed by atoms with Gasteiger partial charge in [0.1, 0.15) is 54.6 Å². The van der Waals surface area contributed by atoms with E-state index in [9.17, 15) is 15.3 Å². The maximum absolute atomic E-state index is 11.0. The Kier molecular flexibility index (Phi) is 16.2. The molecular formula is C46H56O11. The number of hydrogen-bond donors (Lipinski definition) is 3. The normalized spacial score (nSPS) is 28.5. The van der Waals surface area contributed by atoms with Gasteiger partial charge in [0.2, 0.25) is 6.29 Å². The molecule has 6 rings (SSSR count). The first-order valence-corrected chi connectivity index (χ1v) is 19.8. The lowest BCUT2D eigenvalue weighted by molar-refractivity contribution is -0.325. The van der Waals surface area contributed by atoms with Gasteiger partial charge in [-0.05, 0) is 48.6 Å². The molecule has 11 heteroatoms. The summed E-state index contributed by atoms with van der Waals surface area (Å²) < 4.78 is 51.4. The molecule has 3 N–H and O–H groups in total. The molecule has 2 fully saturated rings. The maximum atomic E-state index is 11.0. The number of hydrogen-bond acceptors (Lipinski definition) is 11. The predicted octanol–water partition coefficient (Wildman–Crippen LogP) is 6.23. The minimum Gasteiger partial charge on any atom is -0.464 e. The fourth-order valence-corrected chi connectivity index (χ4v) is 6.91. The number of benzene rings is 4. The molecule has 11 unspecified atom stereocenters. The van der Waals surface area contributed by atoms with Crippen LogP contribution in [0.15, 0.2) is 133 Å². The van der Waals surface area contributed by atoms with E-state index in [2.05, 4.69) is 0 Å². The van der Waals surface area contributed by atoms with Gasteiger partial charge < -0.3 is 53.2 Å². The summed E-state index contributed by atoms with van der Waals surface area (Å²) in [5, 5.41) is 32.6. The molecule has 2 aliphatic rings. The van der Waals surface area contributed by atoms with Crippen molar-refractivity contribution in [2.75, 3.05) is 6.61 Å². The SMILES string of the molecule is CC/C=C(\OC1OC(C)C(OCc2ccccc2)C(OCc2ccccc2)C1OCc1ccccc1)C(C)OC1OC(COCc2ccccc2)C(O)C(O)C1O. The molecule has 0 aliphatic carbocycles. The summed E-state index contributed by atoms with van der Waals surface area (Å²) >= 11 is 0. The van der Waals surface area contributed by atoms with Gasteiger partial charge in [-0.1, -0.05) is 128 Å². The minimum absolute atomic E-state index is 0.0334. The van der Waals surface area contributed by atoms with Crippen molar-refractivity contribution >= 4 is 0 Å². The van der Waals surface area contributed by atoms with Crippen LogP contribution in [0.3, 0.4) is 0 Å². The van der Waals surface area contributed by atoms with Crippen molar-refractivity contribution in [2.45, 2.75) is 121 Å². The van der Waals surface area contributed by atoms with Crippen molar-refractivity contribution in [1.29, 1.82) is 0 Å². The first-order valence-electron chi connectivity index (χ1n) is 19.8. The summed E-state index contributed by atoms with van der Waals surface area (Å²) in [7, 11) is 0. The molecule has 57 heavy (non-hydrogen) atoms. The van der Waals surface area contributed by atoms with Gasteiger partial charge in [-0.15, -0.1) is 0 Å². The molecule has 4 aromatic rings. The van der Waals surface area contributed by atoms with Gasteiger partial charge in [-0.25, -0.2) is 0 Å². The zero-order valence-corrected chi connectivity index (χ0v) is 32.8. The molecule has 11 nitrogen and oxygen atoms in total. The van der Waals surface area contributed by atoms with E-state index < -0.39 is 67.5 Å². The van der Waals surface area contributed by atoms with Crippen LogP contribution in [0, 0.1) is 0 Å². The third-order valence-corrected chi connectivity index (χ3v) is 10.0. The van der Waals surface area contributed by atoms with Crippen LogP contribution in [0.4, 0.5) is 0 Å². The van der Waals surface area contributed by atoms with E-state index in [4.69, 9.17) is 37.9 Å². The second-order valence-electron chi connectivity index (χ2n) is 14.4. The highest BCUT2D eigenvalue weighted by Gasteiger charge is 2.49. The first-order chi connectivity index (χ1) is 27.8. The lowest BCUT2D eigenvalue weighted by Gasteiger charge is -2.45. The second-order valence-corrected chi connectivity index (χ2v) is 14.4. The molecule has 0 amide bonds. The Bertz CT molecular complexity index is 1750. The molecule has 0 aromatic heterocycles. The molecule has 2 saturated heterocycles. The lowest BCUT2D eigenvalue weighted by Crippen LogP contribution is -2.60. The van der Waals surface area contributed by atoms with E-state index in [0.717, 1.165) is 22.3 Å². The van der Waals surface area contributed by atoms with Crippen LogP contribution in [-0.4, -0.2) is 89.4 Å². The van der Waals surface area contributed by atoms with Crippen LogP contribution in [-0.2, 0) is 64.3 Å². The predicted molar refractivity (Wildman–Crippen MR) is 212 cm³/mol. The minimum atomic E-state index is -1.54. The molecular weight excluding hydrogens is 728 g/mol. The molecule has 4 aromatic carbocycles. The number of aliphatic hydroxyl groups excluding tert-OH is 3. The Morgan fingerprint density at radius 2 is 1.07 bits per heavy atom. The van der Waals surface area contributed by atoms with Crippen molar-refractivity contribution in [2.24, 2.45) is 0 Å². The average Bonchev–Trinajstić information content (AvgIpc) is 3.24. The number of allylic oxidation sites excluding steroid dienone is 1. The van der Waals surface area contributed by atoms with Gasteiger partial charge in [0.05, 0.1) is 39.1 Å². The molecule has 306 valence electrons. The number of rotatable bonds is 19. The highest BCUT2D eigenvalue weighted by Crippen LogP contribution is 2.33. The molecule has 0 radical (unpaired) electrons. The third kappa shape index (κ3) is 12.0. The fraction of sp³-hybridized carbons (Fsp3) is 0.435. The summed E-state index contributed by atoms with van der Waals surface area (Å²) in [5.74, 6) is 0.404. The summed E-state index contributed by atoms with van der Waals surface area (Å²) in [6.07, 6.45) is -8.42. The monoisotopic (exact) mass is 784 g/mol. The van der Waals surface area contributed by atoms with Gasteiger partial charge in [-0.3, -0.25) is 0 Å². The quantitative estimate of drug-likeness (QED) is 0.0936. The van der Waals surface area contributed by atoms with E-state index >= 15 is 0 Å². The number of aliphatic hydroxyl groups is 3. The maximum Gasteiger partial charge on any atom is 0.229 e.